The topological polar surface area (TPSA) is 96.4 Å². The van der Waals surface area contributed by atoms with Gasteiger partial charge in [0.1, 0.15) is 24.8 Å². The first kappa shape index (κ1) is 17.4. The van der Waals surface area contributed by atoms with Gasteiger partial charge in [0.25, 0.3) is 0 Å². The highest BCUT2D eigenvalue weighted by Gasteiger charge is 2.04. The number of hydrogen-bond donors (Lipinski definition) is 1. The minimum atomic E-state index is -3.92. The average molecular weight is 334 g/mol. The Hall–Kier alpha value is -1.61. The Morgan fingerprint density at radius 3 is 2.71 bits per heavy atom. The second-order valence-electron chi connectivity index (χ2n) is 4.01. The van der Waals surface area contributed by atoms with Gasteiger partial charge in [0.15, 0.2) is 0 Å². The van der Waals surface area contributed by atoms with Crippen LogP contribution in [0.2, 0.25) is 0 Å². The molecule has 0 aliphatic rings. The summed E-state index contributed by atoms with van der Waals surface area (Å²) >= 11 is 0. The summed E-state index contributed by atoms with van der Waals surface area (Å²) in [6, 6.07) is 7.35. The molecule has 7 nitrogen and oxygen atoms in total. The summed E-state index contributed by atoms with van der Waals surface area (Å²) in [5.74, 6) is 1.47. The molecule has 2 rings (SSSR count). The smallest absolute Gasteiger partial charge is 0.333 e. The molecule has 0 aliphatic heterocycles. The molecule has 1 aromatic carbocycles. The molecular weight excluding hydrogens is 318 g/mol. The first-order valence-electron chi connectivity index (χ1n) is 5.86. The minimum absolute atomic E-state index is 0. The van der Waals surface area contributed by atoms with E-state index < -0.39 is 10.3 Å². The molecule has 0 radical (unpaired) electrons. The molecule has 0 fully saturated rings. The van der Waals surface area contributed by atoms with Crippen LogP contribution in [-0.4, -0.2) is 31.2 Å². The Morgan fingerprint density at radius 2 is 2.10 bits per heavy atom. The number of benzene rings is 1. The normalized spacial score (nSPS) is 11.0. The van der Waals surface area contributed by atoms with E-state index in [0.29, 0.717) is 5.75 Å². The maximum absolute atomic E-state index is 10.6. The highest BCUT2D eigenvalue weighted by Crippen LogP contribution is 2.17. The first-order valence-corrected chi connectivity index (χ1v) is 7.33. The van der Waals surface area contributed by atoms with E-state index in [9.17, 15) is 8.42 Å². The Labute approximate surface area is 129 Å². The lowest BCUT2D eigenvalue weighted by Crippen LogP contribution is -2.19. The molecule has 0 spiro atoms. The van der Waals surface area contributed by atoms with Crippen LogP contribution in [0.5, 0.6) is 5.75 Å². The van der Waals surface area contributed by atoms with Crippen LogP contribution in [0.25, 0.3) is 5.69 Å². The van der Waals surface area contributed by atoms with Gasteiger partial charge in [0, 0.05) is 18.5 Å². The highest BCUT2D eigenvalue weighted by molar-refractivity contribution is 7.84. The third kappa shape index (κ3) is 5.35. The Morgan fingerprint density at radius 1 is 1.33 bits per heavy atom. The summed E-state index contributed by atoms with van der Waals surface area (Å²) in [6.07, 6.45) is 3.56. The van der Waals surface area contributed by atoms with Crippen molar-refractivity contribution in [2.75, 3.05) is 13.2 Å². The molecule has 116 valence electrons. The predicted molar refractivity (Wildman–Crippen MR) is 80.1 cm³/mol. The molecule has 1 aromatic heterocycles. The zero-order valence-corrected chi connectivity index (χ0v) is 12.9. The lowest BCUT2D eigenvalue weighted by Gasteiger charge is -2.09. The fraction of sp³-hybridized carbons (Fsp3) is 0.250. The summed E-state index contributed by atoms with van der Waals surface area (Å²) in [6.45, 7) is 1.85. The van der Waals surface area contributed by atoms with Crippen LogP contribution in [0.4, 0.5) is 0 Å². The van der Waals surface area contributed by atoms with Crippen molar-refractivity contribution in [3.63, 3.8) is 0 Å². The fourth-order valence-electron chi connectivity index (χ4n) is 1.68. The summed E-state index contributed by atoms with van der Waals surface area (Å²) in [7, 11) is -3.92. The van der Waals surface area contributed by atoms with Crippen LogP contribution >= 0.6 is 12.4 Å². The summed E-state index contributed by atoms with van der Waals surface area (Å²) in [5, 5.41) is 4.70. The number of ether oxygens (including phenoxy) is 1. The van der Waals surface area contributed by atoms with Crippen molar-refractivity contribution >= 4 is 22.7 Å². The molecule has 0 amide bonds. The second-order valence-corrected chi connectivity index (χ2v) is 5.23. The van der Waals surface area contributed by atoms with Crippen LogP contribution in [0, 0.1) is 6.92 Å². The standard InChI is InChI=1S/C12H15N3O4S.ClH/c1-10-14-5-6-15(10)11-3-2-4-12(9-11)18-7-8-19-20(13,16)17;/h2-6,9H,7-8H2,1H3,(H2,13,16,17);1H. The fourth-order valence-corrected chi connectivity index (χ4v) is 1.98. The van der Waals surface area contributed by atoms with Gasteiger partial charge in [-0.15, -0.1) is 12.4 Å². The molecule has 2 aromatic rings. The summed E-state index contributed by atoms with van der Waals surface area (Å²) in [4.78, 5) is 4.15. The number of rotatable bonds is 6. The minimum Gasteiger partial charge on any atom is -0.491 e. The first-order chi connectivity index (χ1) is 9.46. The molecule has 1 heterocycles. The van der Waals surface area contributed by atoms with E-state index in [2.05, 4.69) is 9.17 Å². The van der Waals surface area contributed by atoms with Gasteiger partial charge < -0.3 is 9.30 Å². The zero-order valence-electron chi connectivity index (χ0n) is 11.3. The SMILES string of the molecule is Cc1nccn1-c1cccc(OCCOS(N)(=O)=O)c1.Cl. The molecule has 0 saturated carbocycles. The number of imidazole rings is 1. The highest BCUT2D eigenvalue weighted by atomic mass is 35.5. The van der Waals surface area contributed by atoms with Gasteiger partial charge in [-0.1, -0.05) is 6.07 Å². The van der Waals surface area contributed by atoms with Crippen LogP contribution in [0.15, 0.2) is 36.7 Å². The van der Waals surface area contributed by atoms with E-state index >= 15 is 0 Å². The van der Waals surface area contributed by atoms with Crippen molar-refractivity contribution in [3.05, 3.63) is 42.5 Å². The number of nitrogens with zero attached hydrogens (tertiary/aromatic N) is 2. The summed E-state index contributed by atoms with van der Waals surface area (Å²) in [5.41, 5.74) is 0.907. The molecular formula is C12H16ClN3O4S. The van der Waals surface area contributed by atoms with Gasteiger partial charge in [0.2, 0.25) is 0 Å². The van der Waals surface area contributed by atoms with Crippen molar-refractivity contribution in [3.8, 4) is 11.4 Å². The third-order valence-electron chi connectivity index (χ3n) is 2.52. The van der Waals surface area contributed by atoms with Crippen molar-refractivity contribution in [1.82, 2.24) is 9.55 Å². The van der Waals surface area contributed by atoms with Crippen LogP contribution in [0.1, 0.15) is 5.82 Å². The number of aromatic nitrogens is 2. The molecule has 9 heteroatoms. The molecule has 0 unspecified atom stereocenters. The van der Waals surface area contributed by atoms with Gasteiger partial charge in [-0.25, -0.2) is 10.1 Å². The van der Waals surface area contributed by atoms with Crippen molar-refractivity contribution < 1.29 is 17.3 Å². The maximum atomic E-state index is 10.6. The molecule has 2 N–H and O–H groups in total. The largest absolute Gasteiger partial charge is 0.491 e. The Bertz CT molecular complexity index is 687. The van der Waals surface area contributed by atoms with E-state index in [1.807, 2.05) is 35.9 Å². The second kappa shape index (κ2) is 7.41. The predicted octanol–water partition coefficient (Wildman–Crippen LogP) is 1.20. The number of aryl methyl sites for hydroxylation is 1. The molecule has 0 atom stereocenters. The third-order valence-corrected chi connectivity index (χ3v) is 3.02. The van der Waals surface area contributed by atoms with Gasteiger partial charge in [0.05, 0.1) is 5.69 Å². The van der Waals surface area contributed by atoms with E-state index in [4.69, 9.17) is 9.88 Å². The van der Waals surface area contributed by atoms with E-state index in [0.717, 1.165) is 11.5 Å². The molecule has 0 bridgehead atoms. The number of halogens is 1. The van der Waals surface area contributed by atoms with Crippen LogP contribution < -0.4 is 9.88 Å². The lowest BCUT2D eigenvalue weighted by atomic mass is 10.3. The number of hydrogen-bond acceptors (Lipinski definition) is 5. The Kier molecular flexibility index (Phi) is 6.16. The maximum Gasteiger partial charge on any atom is 0.333 e. The van der Waals surface area contributed by atoms with Crippen molar-refractivity contribution in [2.45, 2.75) is 6.92 Å². The van der Waals surface area contributed by atoms with Gasteiger partial charge in [-0.2, -0.15) is 8.42 Å². The Balaban J connectivity index is 0.00000220. The monoisotopic (exact) mass is 333 g/mol. The van der Waals surface area contributed by atoms with Crippen LogP contribution in [-0.2, 0) is 14.5 Å². The molecule has 0 aliphatic carbocycles. The van der Waals surface area contributed by atoms with Crippen LogP contribution in [0.3, 0.4) is 0 Å². The van der Waals surface area contributed by atoms with E-state index in [-0.39, 0.29) is 25.6 Å². The van der Waals surface area contributed by atoms with Crippen molar-refractivity contribution in [2.24, 2.45) is 5.14 Å². The summed E-state index contributed by atoms with van der Waals surface area (Å²) < 4.78 is 32.9. The molecule has 21 heavy (non-hydrogen) atoms. The van der Waals surface area contributed by atoms with Gasteiger partial charge in [-0.3, -0.25) is 4.18 Å². The lowest BCUT2D eigenvalue weighted by molar-refractivity contribution is 0.221. The quantitative estimate of drug-likeness (QED) is 0.801. The van der Waals surface area contributed by atoms with Gasteiger partial charge in [-0.05, 0) is 19.1 Å². The molecule has 0 saturated heterocycles. The van der Waals surface area contributed by atoms with E-state index in [1.165, 1.54) is 0 Å². The van der Waals surface area contributed by atoms with Crippen molar-refractivity contribution in [1.29, 1.82) is 0 Å². The average Bonchev–Trinajstić information content (AvgIpc) is 2.80. The number of nitrogens with two attached hydrogens (primary N) is 1. The van der Waals surface area contributed by atoms with Gasteiger partial charge >= 0.3 is 10.3 Å². The zero-order chi connectivity index (χ0) is 14.6. The van der Waals surface area contributed by atoms with E-state index in [1.54, 1.807) is 12.3 Å².